The summed E-state index contributed by atoms with van der Waals surface area (Å²) < 4.78 is 10.7. The van der Waals surface area contributed by atoms with Crippen LogP contribution in [0.5, 0.6) is 11.5 Å². The van der Waals surface area contributed by atoms with Crippen LogP contribution in [-0.2, 0) is 4.79 Å². The Morgan fingerprint density at radius 3 is 2.30 bits per heavy atom. The Hall–Kier alpha value is -3.00. The first-order valence-electron chi connectivity index (χ1n) is 9.55. The van der Waals surface area contributed by atoms with Crippen molar-refractivity contribution < 1.29 is 19.2 Å². The third-order valence-corrected chi connectivity index (χ3v) is 5.72. The van der Waals surface area contributed by atoms with Gasteiger partial charge in [0.1, 0.15) is 17.2 Å². The van der Waals surface area contributed by atoms with Crippen LogP contribution in [0.1, 0.15) is 11.1 Å². The number of methoxy groups -OCH3 is 1. The third-order valence-electron chi connectivity index (χ3n) is 5.12. The van der Waals surface area contributed by atoms with Crippen molar-refractivity contribution >= 4 is 28.9 Å². The number of nitro benzene ring substituents is 1. The van der Waals surface area contributed by atoms with E-state index in [1.54, 1.807) is 17.0 Å². The van der Waals surface area contributed by atoms with Crippen molar-refractivity contribution in [3.63, 3.8) is 0 Å². The molecule has 0 saturated carbocycles. The first-order valence-corrected chi connectivity index (χ1v) is 9.92. The molecule has 1 heterocycles. The lowest BCUT2D eigenvalue weighted by atomic mass is 10.1. The Labute approximate surface area is 180 Å². The molecule has 0 bridgehead atoms. The van der Waals surface area contributed by atoms with Gasteiger partial charge in [0.2, 0.25) is 0 Å². The molecule has 2 aromatic rings. The Morgan fingerprint density at radius 1 is 1.10 bits per heavy atom. The molecule has 9 heteroatoms. The van der Waals surface area contributed by atoms with Crippen LogP contribution in [0.15, 0.2) is 30.3 Å². The molecule has 2 aromatic carbocycles. The Bertz CT molecular complexity index is 935. The first-order chi connectivity index (χ1) is 14.3. The van der Waals surface area contributed by atoms with Crippen LogP contribution >= 0.6 is 11.6 Å². The number of carbonyl (C=O) groups is 1. The average Bonchev–Trinajstić information content (AvgIpc) is 2.75. The summed E-state index contributed by atoms with van der Waals surface area (Å²) in [6.07, 6.45) is 0. The van der Waals surface area contributed by atoms with Crippen LogP contribution < -0.4 is 14.4 Å². The number of nitro groups is 1. The number of amides is 1. The number of carbonyl (C=O) groups excluding carboxylic acids is 1. The van der Waals surface area contributed by atoms with E-state index in [0.717, 1.165) is 11.1 Å². The summed E-state index contributed by atoms with van der Waals surface area (Å²) in [4.78, 5) is 27.2. The molecule has 8 nitrogen and oxygen atoms in total. The lowest BCUT2D eigenvalue weighted by Gasteiger charge is -2.35. The average molecular weight is 434 g/mol. The van der Waals surface area contributed by atoms with Crippen LogP contribution in [0.3, 0.4) is 0 Å². The van der Waals surface area contributed by atoms with Crippen LogP contribution in [-0.4, -0.2) is 55.6 Å². The molecule has 0 spiro atoms. The van der Waals surface area contributed by atoms with Crippen molar-refractivity contribution in [2.24, 2.45) is 0 Å². The lowest BCUT2D eigenvalue weighted by molar-refractivity contribution is -0.384. The standard InChI is InChI=1S/C21H24ClN3O5/c1-14-10-17(11-15(2)21(14)22)30-13-20(26)24-8-6-23(7-9-24)18-5-4-16(29-3)12-19(18)25(27)28/h4-5,10-12H,6-9,13H2,1-3H3. The van der Waals surface area contributed by atoms with E-state index in [0.29, 0.717) is 48.4 Å². The molecule has 3 rings (SSSR count). The number of rotatable bonds is 6. The number of nitrogens with zero attached hydrogens (tertiary/aromatic N) is 3. The van der Waals surface area contributed by atoms with Gasteiger partial charge in [-0.2, -0.15) is 0 Å². The minimum Gasteiger partial charge on any atom is -0.496 e. The van der Waals surface area contributed by atoms with Gasteiger partial charge in [-0.3, -0.25) is 14.9 Å². The summed E-state index contributed by atoms with van der Waals surface area (Å²) in [6.45, 7) is 5.64. The van der Waals surface area contributed by atoms with E-state index in [9.17, 15) is 14.9 Å². The van der Waals surface area contributed by atoms with Crippen LogP contribution in [0.4, 0.5) is 11.4 Å². The molecule has 1 fully saturated rings. The van der Waals surface area contributed by atoms with E-state index in [1.807, 2.05) is 30.9 Å². The third kappa shape index (κ3) is 4.76. The predicted molar refractivity (Wildman–Crippen MR) is 115 cm³/mol. The van der Waals surface area contributed by atoms with E-state index in [1.165, 1.54) is 13.2 Å². The van der Waals surface area contributed by atoms with Gasteiger partial charge in [-0.15, -0.1) is 0 Å². The zero-order valence-corrected chi connectivity index (χ0v) is 17.9. The number of anilines is 1. The maximum atomic E-state index is 12.5. The molecule has 160 valence electrons. The normalized spacial score (nSPS) is 13.9. The highest BCUT2D eigenvalue weighted by Gasteiger charge is 2.26. The molecule has 30 heavy (non-hydrogen) atoms. The van der Waals surface area contributed by atoms with Crippen LogP contribution in [0, 0.1) is 24.0 Å². The highest BCUT2D eigenvalue weighted by molar-refractivity contribution is 6.32. The molecule has 1 saturated heterocycles. The Morgan fingerprint density at radius 2 is 1.73 bits per heavy atom. The molecule has 0 N–H and O–H groups in total. The van der Waals surface area contributed by atoms with Gasteiger partial charge < -0.3 is 19.3 Å². The summed E-state index contributed by atoms with van der Waals surface area (Å²) in [7, 11) is 1.47. The summed E-state index contributed by atoms with van der Waals surface area (Å²) in [5, 5.41) is 12.1. The summed E-state index contributed by atoms with van der Waals surface area (Å²) >= 11 is 6.16. The largest absolute Gasteiger partial charge is 0.496 e. The number of hydrogen-bond acceptors (Lipinski definition) is 6. The minimum atomic E-state index is -0.417. The molecule has 0 unspecified atom stereocenters. The number of halogens is 1. The lowest BCUT2D eigenvalue weighted by Crippen LogP contribution is -2.50. The molecule has 0 aliphatic carbocycles. The molecule has 1 amide bonds. The zero-order valence-electron chi connectivity index (χ0n) is 17.2. The van der Waals surface area contributed by atoms with Crippen LogP contribution in [0.2, 0.25) is 5.02 Å². The van der Waals surface area contributed by atoms with Crippen molar-refractivity contribution in [2.45, 2.75) is 13.8 Å². The molecule has 0 aromatic heterocycles. The summed E-state index contributed by atoms with van der Waals surface area (Å²) in [5.41, 5.74) is 2.31. The molecule has 0 radical (unpaired) electrons. The van der Waals surface area contributed by atoms with Crippen molar-refractivity contribution in [1.82, 2.24) is 4.90 Å². The monoisotopic (exact) mass is 433 g/mol. The van der Waals surface area contributed by atoms with Gasteiger partial charge in [-0.05, 0) is 49.2 Å². The number of benzene rings is 2. The van der Waals surface area contributed by atoms with Crippen LogP contribution in [0.25, 0.3) is 0 Å². The maximum absolute atomic E-state index is 12.5. The topological polar surface area (TPSA) is 85.2 Å². The fourth-order valence-electron chi connectivity index (χ4n) is 3.47. The van der Waals surface area contributed by atoms with E-state index in [-0.39, 0.29) is 18.2 Å². The van der Waals surface area contributed by atoms with Gasteiger partial charge in [0.25, 0.3) is 11.6 Å². The minimum absolute atomic E-state index is 0.00839. The van der Waals surface area contributed by atoms with Crippen molar-refractivity contribution in [2.75, 3.05) is 44.8 Å². The smallest absolute Gasteiger partial charge is 0.296 e. The summed E-state index contributed by atoms with van der Waals surface area (Å²) in [5.74, 6) is 0.920. The van der Waals surface area contributed by atoms with Crippen molar-refractivity contribution in [3.05, 3.63) is 56.6 Å². The molecule has 0 atom stereocenters. The molecular formula is C21H24ClN3O5. The zero-order chi connectivity index (χ0) is 21.8. The van der Waals surface area contributed by atoms with Gasteiger partial charge in [-0.1, -0.05) is 11.6 Å². The predicted octanol–water partition coefficient (Wildman–Crippen LogP) is 3.60. The fourth-order valence-corrected chi connectivity index (χ4v) is 3.58. The fraction of sp³-hybridized carbons (Fsp3) is 0.381. The highest BCUT2D eigenvalue weighted by Crippen LogP contribution is 2.32. The van der Waals surface area contributed by atoms with Gasteiger partial charge in [0, 0.05) is 31.2 Å². The van der Waals surface area contributed by atoms with Gasteiger partial charge >= 0.3 is 0 Å². The quantitative estimate of drug-likeness (QED) is 0.511. The van der Waals surface area contributed by atoms with Gasteiger partial charge in [0.05, 0.1) is 18.1 Å². The van der Waals surface area contributed by atoms with Crippen molar-refractivity contribution in [1.29, 1.82) is 0 Å². The second-order valence-corrected chi connectivity index (χ2v) is 7.52. The van der Waals surface area contributed by atoms with E-state index >= 15 is 0 Å². The van der Waals surface area contributed by atoms with E-state index in [4.69, 9.17) is 21.1 Å². The highest BCUT2D eigenvalue weighted by atomic mass is 35.5. The number of hydrogen-bond donors (Lipinski definition) is 0. The van der Waals surface area contributed by atoms with Crippen molar-refractivity contribution in [3.8, 4) is 11.5 Å². The Balaban J connectivity index is 1.59. The van der Waals surface area contributed by atoms with Gasteiger partial charge in [0.15, 0.2) is 6.61 Å². The number of piperazine rings is 1. The Kier molecular flexibility index (Phi) is 6.66. The van der Waals surface area contributed by atoms with Gasteiger partial charge in [-0.25, -0.2) is 0 Å². The SMILES string of the molecule is COc1ccc(N2CCN(C(=O)COc3cc(C)c(Cl)c(C)c3)CC2)c([N+](=O)[O-])c1. The van der Waals surface area contributed by atoms with E-state index < -0.39 is 4.92 Å². The maximum Gasteiger partial charge on any atom is 0.296 e. The number of ether oxygens (including phenoxy) is 2. The molecule has 1 aliphatic rings. The molecule has 1 aliphatic heterocycles. The molecular weight excluding hydrogens is 410 g/mol. The second kappa shape index (κ2) is 9.21. The number of aryl methyl sites for hydroxylation is 2. The first kappa shape index (κ1) is 21.7. The van der Waals surface area contributed by atoms with E-state index in [2.05, 4.69) is 0 Å². The summed E-state index contributed by atoms with van der Waals surface area (Å²) in [6, 6.07) is 8.41. The second-order valence-electron chi connectivity index (χ2n) is 7.14.